The molecule has 0 spiro atoms. The summed E-state index contributed by atoms with van der Waals surface area (Å²) in [5.74, 6) is -1.78. The molecule has 0 saturated heterocycles. The third-order valence-electron chi connectivity index (χ3n) is 6.26. The maximum atomic E-state index is 13.3. The highest BCUT2D eigenvalue weighted by atomic mass is 32.2. The molecule has 3 rings (SSSR count). The predicted octanol–water partition coefficient (Wildman–Crippen LogP) is 5.13. The molecule has 0 heterocycles. The standard InChI is InChI=1S/C29H32O8S2/c1-7-23-11-15-24(16-12-23)38(31,32)36-26(19-35-27(30)8-2)28-22(5)17-21(4)18-29(28,6)37-39(33,34)25-13-9-20(3)10-14-25/h7-18,26,28H,1-2,19H2,3-6H3. The van der Waals surface area contributed by atoms with Gasteiger partial charge < -0.3 is 4.74 Å². The number of allylic oxidation sites excluding steroid dienone is 2. The molecule has 0 bridgehead atoms. The third kappa shape index (κ3) is 7.21. The zero-order valence-corrected chi connectivity index (χ0v) is 23.9. The van der Waals surface area contributed by atoms with E-state index in [1.807, 2.05) is 6.92 Å². The maximum Gasteiger partial charge on any atom is 0.330 e. The Morgan fingerprint density at radius 2 is 1.51 bits per heavy atom. The van der Waals surface area contributed by atoms with Gasteiger partial charge in [0.15, 0.2) is 0 Å². The first kappa shape index (κ1) is 30.2. The van der Waals surface area contributed by atoms with Gasteiger partial charge in [-0.1, -0.05) is 66.3 Å². The minimum absolute atomic E-state index is 0.0585. The second kappa shape index (κ2) is 11.8. The number of esters is 1. The van der Waals surface area contributed by atoms with Crippen molar-refractivity contribution in [1.82, 2.24) is 0 Å². The van der Waals surface area contributed by atoms with E-state index in [1.54, 1.807) is 56.3 Å². The predicted molar refractivity (Wildman–Crippen MR) is 149 cm³/mol. The van der Waals surface area contributed by atoms with Gasteiger partial charge in [0.1, 0.15) is 18.3 Å². The first-order valence-electron chi connectivity index (χ1n) is 12.1. The molecule has 3 atom stereocenters. The van der Waals surface area contributed by atoms with E-state index in [4.69, 9.17) is 13.1 Å². The smallest absolute Gasteiger partial charge is 0.330 e. The largest absolute Gasteiger partial charge is 0.460 e. The van der Waals surface area contributed by atoms with Crippen LogP contribution in [0, 0.1) is 12.8 Å². The summed E-state index contributed by atoms with van der Waals surface area (Å²) < 4.78 is 70.0. The molecule has 10 heteroatoms. The normalized spacial score (nSPS) is 20.4. The summed E-state index contributed by atoms with van der Waals surface area (Å²) in [6.07, 6.45) is 4.51. The molecule has 3 unspecified atom stereocenters. The van der Waals surface area contributed by atoms with Crippen molar-refractivity contribution in [3.63, 3.8) is 0 Å². The minimum Gasteiger partial charge on any atom is -0.460 e. The molecule has 208 valence electrons. The Kier molecular flexibility index (Phi) is 9.17. The lowest BCUT2D eigenvalue weighted by Gasteiger charge is -2.41. The van der Waals surface area contributed by atoms with E-state index in [9.17, 15) is 21.6 Å². The van der Waals surface area contributed by atoms with Gasteiger partial charge in [0.2, 0.25) is 0 Å². The summed E-state index contributed by atoms with van der Waals surface area (Å²) in [5.41, 5.74) is 1.26. The molecule has 8 nitrogen and oxygen atoms in total. The van der Waals surface area contributed by atoms with Gasteiger partial charge in [0, 0.05) is 12.0 Å². The lowest BCUT2D eigenvalue weighted by Crippen LogP contribution is -2.49. The Hall–Kier alpha value is -3.31. The number of hydrogen-bond donors (Lipinski definition) is 0. The Morgan fingerprint density at radius 3 is 2.08 bits per heavy atom. The summed E-state index contributed by atoms with van der Waals surface area (Å²) in [6.45, 7) is 13.3. The van der Waals surface area contributed by atoms with Crippen molar-refractivity contribution in [2.45, 2.75) is 49.2 Å². The lowest BCUT2D eigenvalue weighted by molar-refractivity contribution is -0.141. The summed E-state index contributed by atoms with van der Waals surface area (Å²) in [5, 5.41) is 0. The molecular weight excluding hydrogens is 540 g/mol. The molecule has 0 fully saturated rings. The third-order valence-corrected chi connectivity index (χ3v) is 9.04. The van der Waals surface area contributed by atoms with E-state index >= 15 is 0 Å². The molecule has 0 amide bonds. The molecule has 1 aliphatic rings. The van der Waals surface area contributed by atoms with Crippen LogP contribution >= 0.6 is 0 Å². The number of aryl methyl sites for hydroxylation is 1. The van der Waals surface area contributed by atoms with Crippen molar-refractivity contribution in [3.8, 4) is 0 Å². The van der Waals surface area contributed by atoms with Crippen LogP contribution in [-0.4, -0.2) is 41.1 Å². The van der Waals surface area contributed by atoms with Crippen LogP contribution < -0.4 is 0 Å². The van der Waals surface area contributed by atoms with Crippen LogP contribution in [0.3, 0.4) is 0 Å². The molecule has 2 aromatic rings. The van der Waals surface area contributed by atoms with E-state index in [0.29, 0.717) is 16.7 Å². The van der Waals surface area contributed by atoms with Crippen LogP contribution in [0.2, 0.25) is 0 Å². The van der Waals surface area contributed by atoms with E-state index in [1.165, 1.54) is 31.2 Å². The average molecular weight is 573 g/mol. The topological polar surface area (TPSA) is 113 Å². The molecule has 1 aliphatic carbocycles. The second-order valence-corrected chi connectivity index (χ2v) is 12.6. The minimum atomic E-state index is -4.38. The van der Waals surface area contributed by atoms with Crippen LogP contribution in [0.1, 0.15) is 31.9 Å². The number of hydrogen-bond acceptors (Lipinski definition) is 8. The number of ether oxygens (including phenoxy) is 1. The second-order valence-electron chi connectivity index (χ2n) is 9.48. The van der Waals surface area contributed by atoms with Crippen molar-refractivity contribution < 1.29 is 34.7 Å². The van der Waals surface area contributed by atoms with Gasteiger partial charge in [-0.25, -0.2) is 4.79 Å². The first-order valence-corrected chi connectivity index (χ1v) is 14.9. The summed E-state index contributed by atoms with van der Waals surface area (Å²) in [4.78, 5) is 11.7. The molecule has 2 aromatic carbocycles. The van der Waals surface area contributed by atoms with Crippen LogP contribution in [0.4, 0.5) is 0 Å². The first-order chi connectivity index (χ1) is 18.2. The van der Waals surface area contributed by atoms with Crippen LogP contribution in [0.15, 0.2) is 101 Å². The van der Waals surface area contributed by atoms with E-state index in [0.717, 1.165) is 11.6 Å². The summed E-state index contributed by atoms with van der Waals surface area (Å²) >= 11 is 0. The molecule has 0 aliphatic heterocycles. The van der Waals surface area contributed by atoms with Gasteiger partial charge in [-0.15, -0.1) is 0 Å². The number of benzene rings is 2. The van der Waals surface area contributed by atoms with Gasteiger partial charge in [-0.3, -0.25) is 8.37 Å². The maximum absolute atomic E-state index is 13.3. The molecule has 0 radical (unpaired) electrons. The Balaban J connectivity index is 2.07. The van der Waals surface area contributed by atoms with E-state index in [2.05, 4.69) is 13.2 Å². The fourth-order valence-corrected chi connectivity index (χ4v) is 6.87. The van der Waals surface area contributed by atoms with Crippen molar-refractivity contribution in [3.05, 3.63) is 102 Å². The number of carbonyl (C=O) groups excluding carboxylic acids is 1. The highest BCUT2D eigenvalue weighted by Gasteiger charge is 2.47. The monoisotopic (exact) mass is 572 g/mol. The van der Waals surface area contributed by atoms with Crippen molar-refractivity contribution in [1.29, 1.82) is 0 Å². The summed E-state index contributed by atoms with van der Waals surface area (Å²) in [7, 11) is -8.68. The molecule has 39 heavy (non-hydrogen) atoms. The van der Waals surface area contributed by atoms with Crippen LogP contribution in [0.25, 0.3) is 6.08 Å². The van der Waals surface area contributed by atoms with Crippen molar-refractivity contribution in [2.24, 2.45) is 5.92 Å². The Bertz CT molecular complexity index is 1520. The molecule has 0 aromatic heterocycles. The highest BCUT2D eigenvalue weighted by Crippen LogP contribution is 2.41. The van der Waals surface area contributed by atoms with Crippen molar-refractivity contribution >= 4 is 32.3 Å². The highest BCUT2D eigenvalue weighted by molar-refractivity contribution is 7.87. The van der Waals surface area contributed by atoms with Crippen molar-refractivity contribution in [2.75, 3.05) is 6.61 Å². The Labute approximate surface area is 230 Å². The fourth-order valence-electron chi connectivity index (χ4n) is 4.60. The fraction of sp³-hybridized carbons (Fsp3) is 0.276. The SMILES string of the molecule is C=CC(=O)OCC(OS(=O)(=O)c1ccc(C=C)cc1)C1C(C)=CC(C)=CC1(C)OS(=O)(=O)c1ccc(C)cc1. The number of rotatable bonds is 11. The van der Waals surface area contributed by atoms with Gasteiger partial charge >= 0.3 is 5.97 Å². The van der Waals surface area contributed by atoms with Gasteiger partial charge in [-0.2, -0.15) is 16.8 Å². The van der Waals surface area contributed by atoms with Crippen LogP contribution in [-0.2, 0) is 38.1 Å². The quantitative estimate of drug-likeness (QED) is 0.207. The Morgan fingerprint density at radius 1 is 0.949 bits per heavy atom. The molecule has 0 saturated carbocycles. The lowest BCUT2D eigenvalue weighted by atomic mass is 9.75. The average Bonchev–Trinajstić information content (AvgIpc) is 2.85. The number of carbonyl (C=O) groups is 1. The van der Waals surface area contributed by atoms with Crippen LogP contribution in [0.5, 0.6) is 0 Å². The molecular formula is C29H32O8S2. The zero-order chi connectivity index (χ0) is 29.0. The van der Waals surface area contributed by atoms with Gasteiger partial charge in [0.25, 0.3) is 20.2 Å². The zero-order valence-electron chi connectivity index (χ0n) is 22.3. The summed E-state index contributed by atoms with van der Waals surface area (Å²) in [6, 6.07) is 12.0. The van der Waals surface area contributed by atoms with E-state index < -0.39 is 50.4 Å². The van der Waals surface area contributed by atoms with Gasteiger partial charge in [0.05, 0.1) is 9.79 Å². The van der Waals surface area contributed by atoms with Gasteiger partial charge in [-0.05, 0) is 63.6 Å². The molecule has 0 N–H and O–H groups in total. The van der Waals surface area contributed by atoms with E-state index in [-0.39, 0.29) is 9.79 Å².